The van der Waals surface area contributed by atoms with Crippen molar-refractivity contribution in [1.29, 1.82) is 0 Å². The van der Waals surface area contributed by atoms with E-state index in [4.69, 9.17) is 9.47 Å². The fourth-order valence-corrected chi connectivity index (χ4v) is 5.50. The SMILES string of the molecule is COc1ccc(S(=O)(=O)NCCOc2ccc(S(=O)(=O)N3CCCC3)cc2)cc1. The summed E-state index contributed by atoms with van der Waals surface area (Å²) in [7, 11) is -5.60. The molecule has 1 N–H and O–H groups in total. The molecule has 0 unspecified atom stereocenters. The first kappa shape index (κ1) is 21.6. The average Bonchev–Trinajstić information content (AvgIpc) is 3.27. The van der Waals surface area contributed by atoms with Crippen LogP contribution < -0.4 is 14.2 Å². The summed E-state index contributed by atoms with van der Waals surface area (Å²) >= 11 is 0. The molecule has 0 bridgehead atoms. The lowest BCUT2D eigenvalue weighted by atomic mass is 10.3. The van der Waals surface area contributed by atoms with Gasteiger partial charge in [-0.2, -0.15) is 4.31 Å². The number of sulfonamides is 2. The Morgan fingerprint density at radius 1 is 0.862 bits per heavy atom. The highest BCUT2D eigenvalue weighted by Gasteiger charge is 2.26. The van der Waals surface area contributed by atoms with Crippen LogP contribution in [0.15, 0.2) is 58.3 Å². The maximum Gasteiger partial charge on any atom is 0.243 e. The van der Waals surface area contributed by atoms with E-state index in [2.05, 4.69) is 4.72 Å². The molecule has 1 fully saturated rings. The summed E-state index contributed by atoms with van der Waals surface area (Å²) in [6.07, 6.45) is 1.76. The standard InChI is InChI=1S/C19H24N2O6S2/c1-26-16-4-8-18(9-5-16)28(22,23)20-12-15-27-17-6-10-19(11-7-17)29(24,25)21-13-2-3-14-21/h4-11,20H,2-3,12-15H2,1H3. The highest BCUT2D eigenvalue weighted by Crippen LogP contribution is 2.23. The molecule has 8 nitrogen and oxygen atoms in total. The smallest absolute Gasteiger partial charge is 0.243 e. The summed E-state index contributed by atoms with van der Waals surface area (Å²) in [6, 6.07) is 12.2. The molecule has 0 saturated carbocycles. The first-order valence-electron chi connectivity index (χ1n) is 9.20. The molecule has 0 aromatic heterocycles. The van der Waals surface area contributed by atoms with Crippen molar-refractivity contribution in [1.82, 2.24) is 9.03 Å². The molecule has 1 aliphatic rings. The molecule has 3 rings (SSSR count). The van der Waals surface area contributed by atoms with Gasteiger partial charge in [0, 0.05) is 19.6 Å². The number of hydrogen-bond acceptors (Lipinski definition) is 6. The van der Waals surface area contributed by atoms with Crippen molar-refractivity contribution in [3.8, 4) is 11.5 Å². The quantitative estimate of drug-likeness (QED) is 0.597. The summed E-state index contributed by atoms with van der Waals surface area (Å²) in [4.78, 5) is 0.363. The van der Waals surface area contributed by atoms with Gasteiger partial charge in [-0.3, -0.25) is 0 Å². The number of ether oxygens (including phenoxy) is 2. The van der Waals surface area contributed by atoms with E-state index in [1.54, 1.807) is 24.3 Å². The molecule has 158 valence electrons. The number of hydrogen-bond donors (Lipinski definition) is 1. The van der Waals surface area contributed by atoms with Crippen molar-refractivity contribution >= 4 is 20.0 Å². The number of methoxy groups -OCH3 is 1. The Morgan fingerprint density at radius 3 is 2.00 bits per heavy atom. The van der Waals surface area contributed by atoms with E-state index in [0.29, 0.717) is 24.6 Å². The molecular weight excluding hydrogens is 416 g/mol. The Hall–Kier alpha value is -2.14. The molecule has 0 spiro atoms. The summed E-state index contributed by atoms with van der Waals surface area (Å²) in [5.74, 6) is 1.04. The van der Waals surface area contributed by atoms with E-state index < -0.39 is 20.0 Å². The third-order valence-electron chi connectivity index (χ3n) is 4.56. The zero-order valence-corrected chi connectivity index (χ0v) is 17.7. The van der Waals surface area contributed by atoms with Crippen molar-refractivity contribution < 1.29 is 26.3 Å². The minimum Gasteiger partial charge on any atom is -0.497 e. The van der Waals surface area contributed by atoms with Crippen molar-refractivity contribution in [3.63, 3.8) is 0 Å². The van der Waals surface area contributed by atoms with Crippen LogP contribution in [0.1, 0.15) is 12.8 Å². The first-order valence-corrected chi connectivity index (χ1v) is 12.1. The highest BCUT2D eigenvalue weighted by molar-refractivity contribution is 7.89. The maximum atomic E-state index is 12.5. The summed E-state index contributed by atoms with van der Waals surface area (Å²) < 4.78 is 63.9. The number of nitrogens with one attached hydrogen (secondary N) is 1. The highest BCUT2D eigenvalue weighted by atomic mass is 32.2. The predicted molar refractivity (Wildman–Crippen MR) is 108 cm³/mol. The van der Waals surface area contributed by atoms with E-state index in [9.17, 15) is 16.8 Å². The van der Waals surface area contributed by atoms with Crippen LogP contribution in [0.3, 0.4) is 0 Å². The summed E-state index contributed by atoms with van der Waals surface area (Å²) in [6.45, 7) is 1.28. The van der Waals surface area contributed by atoms with Crippen LogP contribution >= 0.6 is 0 Å². The van der Waals surface area contributed by atoms with Crippen LogP contribution in [0.25, 0.3) is 0 Å². The molecule has 0 aliphatic carbocycles. The number of benzene rings is 2. The van der Waals surface area contributed by atoms with Gasteiger partial charge >= 0.3 is 0 Å². The molecule has 2 aromatic rings. The number of nitrogens with zero attached hydrogens (tertiary/aromatic N) is 1. The van der Waals surface area contributed by atoms with E-state index >= 15 is 0 Å². The molecule has 0 atom stereocenters. The van der Waals surface area contributed by atoms with Gasteiger partial charge in [0.2, 0.25) is 20.0 Å². The monoisotopic (exact) mass is 440 g/mol. The van der Waals surface area contributed by atoms with Crippen LogP contribution in [-0.4, -0.2) is 54.5 Å². The topological polar surface area (TPSA) is 102 Å². The lowest BCUT2D eigenvalue weighted by Gasteiger charge is -2.15. The maximum absolute atomic E-state index is 12.5. The Morgan fingerprint density at radius 2 is 1.41 bits per heavy atom. The Balaban J connectivity index is 1.51. The second-order valence-electron chi connectivity index (χ2n) is 6.50. The molecule has 0 radical (unpaired) electrons. The average molecular weight is 441 g/mol. The van der Waals surface area contributed by atoms with Gasteiger partial charge in [-0.25, -0.2) is 21.6 Å². The molecule has 1 aliphatic heterocycles. The summed E-state index contributed by atoms with van der Waals surface area (Å²) in [5.41, 5.74) is 0. The second kappa shape index (κ2) is 9.12. The summed E-state index contributed by atoms with van der Waals surface area (Å²) in [5, 5.41) is 0. The largest absolute Gasteiger partial charge is 0.497 e. The zero-order valence-electron chi connectivity index (χ0n) is 16.1. The van der Waals surface area contributed by atoms with Crippen molar-refractivity contribution in [2.45, 2.75) is 22.6 Å². The van der Waals surface area contributed by atoms with Gasteiger partial charge in [0.25, 0.3) is 0 Å². The number of rotatable bonds is 9. The third-order valence-corrected chi connectivity index (χ3v) is 7.95. The molecule has 29 heavy (non-hydrogen) atoms. The Labute approximate surface area is 171 Å². The minimum absolute atomic E-state index is 0.0716. The van der Waals surface area contributed by atoms with Crippen LogP contribution in [0, 0.1) is 0 Å². The van der Waals surface area contributed by atoms with Crippen LogP contribution in [0.5, 0.6) is 11.5 Å². The van der Waals surface area contributed by atoms with Gasteiger partial charge < -0.3 is 9.47 Å². The Bertz CT molecular complexity index is 1010. The van der Waals surface area contributed by atoms with Crippen LogP contribution in [-0.2, 0) is 20.0 Å². The molecule has 2 aromatic carbocycles. The van der Waals surface area contributed by atoms with Crippen LogP contribution in [0.2, 0.25) is 0 Å². The van der Waals surface area contributed by atoms with E-state index in [-0.39, 0.29) is 22.9 Å². The minimum atomic E-state index is -3.65. The van der Waals surface area contributed by atoms with Gasteiger partial charge in [0.15, 0.2) is 0 Å². The van der Waals surface area contributed by atoms with Crippen molar-refractivity contribution in [2.24, 2.45) is 0 Å². The van der Waals surface area contributed by atoms with Gasteiger partial charge in [-0.05, 0) is 61.4 Å². The molecule has 10 heteroatoms. The molecular formula is C19H24N2O6S2. The lowest BCUT2D eigenvalue weighted by molar-refractivity contribution is 0.322. The fourth-order valence-electron chi connectivity index (χ4n) is 2.97. The van der Waals surface area contributed by atoms with E-state index in [0.717, 1.165) is 12.8 Å². The first-order chi connectivity index (χ1) is 13.8. The van der Waals surface area contributed by atoms with Gasteiger partial charge in [-0.15, -0.1) is 0 Å². The van der Waals surface area contributed by atoms with Crippen molar-refractivity contribution in [3.05, 3.63) is 48.5 Å². The van der Waals surface area contributed by atoms with Crippen molar-refractivity contribution in [2.75, 3.05) is 33.4 Å². The van der Waals surface area contributed by atoms with Gasteiger partial charge in [-0.1, -0.05) is 0 Å². The fraction of sp³-hybridized carbons (Fsp3) is 0.368. The lowest BCUT2D eigenvalue weighted by Crippen LogP contribution is -2.28. The predicted octanol–water partition coefficient (Wildman–Crippen LogP) is 1.84. The molecule has 1 heterocycles. The third kappa shape index (κ3) is 5.27. The van der Waals surface area contributed by atoms with E-state index in [1.165, 1.54) is 35.7 Å². The normalized spacial score (nSPS) is 15.3. The molecule has 1 saturated heterocycles. The van der Waals surface area contributed by atoms with E-state index in [1.807, 2.05) is 0 Å². The zero-order chi connectivity index (χ0) is 20.9. The second-order valence-corrected chi connectivity index (χ2v) is 10.2. The van der Waals surface area contributed by atoms with Crippen LogP contribution in [0.4, 0.5) is 0 Å². The Kier molecular flexibility index (Phi) is 6.78. The molecule has 0 amide bonds. The van der Waals surface area contributed by atoms with Gasteiger partial charge in [0.1, 0.15) is 18.1 Å². The van der Waals surface area contributed by atoms with Gasteiger partial charge in [0.05, 0.1) is 16.9 Å².